The molecule has 0 rings (SSSR count). The molecule has 0 heterocycles. The smallest absolute Gasteiger partial charge is 0.122 e. The largest absolute Gasteiger partial charge is 0.374 e. The van der Waals surface area contributed by atoms with Crippen LogP contribution in [0.15, 0.2) is 10.2 Å². The first-order valence-electron chi connectivity index (χ1n) is 1.84. The summed E-state index contributed by atoms with van der Waals surface area (Å²) in [5.41, 5.74) is 0. The Bertz CT molecular complexity index is 96.2. The maximum Gasteiger partial charge on any atom is 0.122 e. The molecular formula is C4H6ClN2W-. The van der Waals surface area contributed by atoms with Crippen LogP contribution in [0, 0.1) is 0 Å². The van der Waals surface area contributed by atoms with E-state index in [1.54, 1.807) is 13.8 Å². The minimum atomic E-state index is 0. The van der Waals surface area contributed by atoms with Gasteiger partial charge in [0.15, 0.2) is 0 Å². The maximum atomic E-state index is 5.27. The Morgan fingerprint density at radius 3 is 2.25 bits per heavy atom. The summed E-state index contributed by atoms with van der Waals surface area (Å²) < 4.78 is 0. The van der Waals surface area contributed by atoms with Crippen LogP contribution in [0.3, 0.4) is 0 Å². The van der Waals surface area contributed by atoms with Gasteiger partial charge >= 0.3 is 0 Å². The Morgan fingerprint density at radius 1 is 1.62 bits per heavy atom. The van der Waals surface area contributed by atoms with Crippen molar-refractivity contribution < 1.29 is 21.1 Å². The molecule has 0 aromatic heterocycles. The molecule has 0 bridgehead atoms. The molecule has 4 heteroatoms. The molecule has 0 unspecified atom stereocenters. The number of nitrogens with zero attached hydrogens (tertiary/aromatic N) is 2. The third kappa shape index (κ3) is 9.58. The molecule has 0 spiro atoms. The zero-order chi connectivity index (χ0) is 5.70. The van der Waals surface area contributed by atoms with E-state index in [9.17, 15) is 0 Å². The molecule has 0 atom stereocenters. The Hall–Kier alpha value is 0.318. The fourth-order valence-electron chi connectivity index (χ4n) is 0.119. The summed E-state index contributed by atoms with van der Waals surface area (Å²) in [6, 6.07) is 0. The van der Waals surface area contributed by atoms with Crippen molar-refractivity contribution in [2.45, 2.75) is 13.8 Å². The van der Waals surface area contributed by atoms with Crippen molar-refractivity contribution in [1.29, 1.82) is 0 Å². The zero-order valence-electron chi connectivity index (χ0n) is 4.68. The first-order valence-corrected chi connectivity index (χ1v) is 2.21. The van der Waals surface area contributed by atoms with Gasteiger partial charge in [-0.2, -0.15) is 12.0 Å². The molecule has 2 nitrogen and oxygen atoms in total. The summed E-state index contributed by atoms with van der Waals surface area (Å²) in [5.74, 6) is 0. The number of hydrogen-bond acceptors (Lipinski definition) is 2. The van der Waals surface area contributed by atoms with E-state index in [1.165, 1.54) is 0 Å². The van der Waals surface area contributed by atoms with Crippen LogP contribution < -0.4 is 0 Å². The second kappa shape index (κ2) is 7.32. The van der Waals surface area contributed by atoms with Crippen LogP contribution in [0.4, 0.5) is 0 Å². The fraction of sp³-hybridized carbons (Fsp3) is 0.500. The molecule has 0 aromatic rings. The van der Waals surface area contributed by atoms with E-state index in [2.05, 4.69) is 16.4 Å². The van der Waals surface area contributed by atoms with Gasteiger partial charge in [0, 0.05) is 21.1 Å². The molecular weight excluding hydrogens is 295 g/mol. The van der Waals surface area contributed by atoms with Gasteiger partial charge in [0.2, 0.25) is 0 Å². The van der Waals surface area contributed by atoms with E-state index >= 15 is 0 Å². The molecule has 0 aliphatic heterocycles. The normalized spacial score (nSPS) is 11.6. The van der Waals surface area contributed by atoms with E-state index in [4.69, 9.17) is 11.6 Å². The molecule has 8 heavy (non-hydrogen) atoms. The van der Waals surface area contributed by atoms with E-state index in [1.807, 2.05) is 0 Å². The molecule has 0 radical (unpaired) electrons. The third-order valence-corrected chi connectivity index (χ3v) is 0.363. The predicted molar refractivity (Wildman–Crippen MR) is 32.1 cm³/mol. The summed E-state index contributed by atoms with van der Waals surface area (Å²) in [6.07, 6.45) is 2.45. The van der Waals surface area contributed by atoms with E-state index < -0.39 is 0 Å². The van der Waals surface area contributed by atoms with Gasteiger partial charge in [-0.3, -0.25) is 0 Å². The van der Waals surface area contributed by atoms with Crippen molar-refractivity contribution in [3.63, 3.8) is 0 Å². The van der Waals surface area contributed by atoms with Gasteiger partial charge in [-0.15, -0.1) is 0 Å². The SMILES string of the molecule is C[C-]=N/N=C(/C)Cl.[W]. The van der Waals surface area contributed by atoms with E-state index in [-0.39, 0.29) is 21.1 Å². The minimum Gasteiger partial charge on any atom is -0.374 e. The number of hydrogen-bond donors (Lipinski definition) is 0. The first-order chi connectivity index (χ1) is 3.27. The number of rotatable bonds is 1. The van der Waals surface area contributed by atoms with E-state index in [0.717, 1.165) is 0 Å². The van der Waals surface area contributed by atoms with Crippen LogP contribution in [-0.2, 0) is 21.1 Å². The van der Waals surface area contributed by atoms with Crippen molar-refractivity contribution in [3.8, 4) is 0 Å². The van der Waals surface area contributed by atoms with Gasteiger partial charge in [-0.25, -0.2) is 0 Å². The first kappa shape index (κ1) is 11.2. The fourth-order valence-corrected chi connectivity index (χ4v) is 0.157. The zero-order valence-corrected chi connectivity index (χ0v) is 8.37. The van der Waals surface area contributed by atoms with Crippen LogP contribution >= 0.6 is 11.6 Å². The Kier molecular flexibility index (Phi) is 10.2. The summed E-state index contributed by atoms with van der Waals surface area (Å²) in [6.45, 7) is 3.31. The van der Waals surface area contributed by atoms with Crippen molar-refractivity contribution >= 4 is 23.0 Å². The van der Waals surface area contributed by atoms with Crippen LogP contribution in [0.25, 0.3) is 0 Å². The molecule has 0 N–H and O–H groups in total. The van der Waals surface area contributed by atoms with Gasteiger partial charge in [-0.1, -0.05) is 11.6 Å². The second-order valence-electron chi connectivity index (χ2n) is 0.921. The average Bonchev–Trinajstić information content (AvgIpc) is 1.61. The van der Waals surface area contributed by atoms with E-state index in [0.29, 0.717) is 5.17 Å². The summed E-state index contributed by atoms with van der Waals surface area (Å²) in [7, 11) is 0. The van der Waals surface area contributed by atoms with Crippen molar-refractivity contribution in [1.82, 2.24) is 0 Å². The van der Waals surface area contributed by atoms with Crippen LogP contribution in [0.1, 0.15) is 13.8 Å². The summed E-state index contributed by atoms with van der Waals surface area (Å²) in [4.78, 5) is 0. The molecule has 46 valence electrons. The van der Waals surface area contributed by atoms with Gasteiger partial charge < -0.3 is 11.3 Å². The summed E-state index contributed by atoms with van der Waals surface area (Å²) in [5, 5.41) is 7.24. The topological polar surface area (TPSA) is 24.7 Å². The Morgan fingerprint density at radius 2 is 2.12 bits per heavy atom. The average molecular weight is 301 g/mol. The van der Waals surface area contributed by atoms with Crippen LogP contribution in [-0.4, -0.2) is 11.4 Å². The predicted octanol–water partition coefficient (Wildman–Crippen LogP) is 1.52. The van der Waals surface area contributed by atoms with Gasteiger partial charge in [-0.05, 0) is 6.92 Å². The second-order valence-corrected chi connectivity index (χ2v) is 1.47. The quantitative estimate of drug-likeness (QED) is 0.399. The van der Waals surface area contributed by atoms with Crippen molar-refractivity contribution in [3.05, 3.63) is 0 Å². The molecule has 0 fully saturated rings. The third-order valence-electron chi connectivity index (χ3n) is 0.288. The molecule has 0 saturated heterocycles. The molecule has 0 amide bonds. The van der Waals surface area contributed by atoms with Gasteiger partial charge in [0.05, 0.1) is 0 Å². The van der Waals surface area contributed by atoms with Crippen LogP contribution in [0.2, 0.25) is 0 Å². The monoisotopic (exact) mass is 301 g/mol. The molecule has 0 saturated carbocycles. The molecule has 0 aliphatic rings. The Balaban J connectivity index is 0. The van der Waals surface area contributed by atoms with Crippen molar-refractivity contribution in [2.75, 3.05) is 0 Å². The number of halogens is 1. The van der Waals surface area contributed by atoms with Gasteiger partial charge in [0.25, 0.3) is 0 Å². The van der Waals surface area contributed by atoms with Crippen LogP contribution in [0.5, 0.6) is 0 Å². The van der Waals surface area contributed by atoms with Gasteiger partial charge in [0.1, 0.15) is 5.17 Å². The van der Waals surface area contributed by atoms with Crippen molar-refractivity contribution in [2.24, 2.45) is 10.2 Å². The molecule has 0 aromatic carbocycles. The minimum absolute atomic E-state index is 0. The Labute approximate surface area is 68.3 Å². The molecule has 0 aliphatic carbocycles. The summed E-state index contributed by atoms with van der Waals surface area (Å²) >= 11 is 5.27. The maximum absolute atomic E-state index is 5.27. The standard InChI is InChI=1S/C4H6ClN2.W/c1-3-6-7-4(2)5;/h1-2H3;/q-1;/b7-4-;.